The molecule has 0 atom stereocenters. The van der Waals surface area contributed by atoms with Gasteiger partial charge in [0, 0.05) is 25.7 Å². The zero-order chi connectivity index (χ0) is 20.3. The van der Waals surface area contributed by atoms with Crippen LogP contribution in [0.4, 0.5) is 4.39 Å². The maximum absolute atomic E-state index is 14.8. The van der Waals surface area contributed by atoms with Crippen molar-refractivity contribution in [2.45, 2.75) is 25.8 Å². The summed E-state index contributed by atoms with van der Waals surface area (Å²) in [6.45, 7) is 4.28. The molecule has 2 N–H and O–H groups in total. The van der Waals surface area contributed by atoms with Crippen molar-refractivity contribution in [2.24, 2.45) is 10.7 Å². The first kappa shape index (κ1) is 19.6. The molecule has 0 aliphatic rings. The van der Waals surface area contributed by atoms with Crippen LogP contribution in [-0.2, 0) is 12.0 Å². The lowest BCUT2D eigenvalue weighted by Crippen LogP contribution is -2.30. The second-order valence-electron chi connectivity index (χ2n) is 7.44. The van der Waals surface area contributed by atoms with E-state index in [1.54, 1.807) is 17.0 Å². The van der Waals surface area contributed by atoms with Gasteiger partial charge in [-0.15, -0.1) is 0 Å². The van der Waals surface area contributed by atoms with E-state index in [0.29, 0.717) is 29.5 Å². The van der Waals surface area contributed by atoms with E-state index in [-0.39, 0.29) is 5.82 Å². The molecule has 0 aliphatic carbocycles. The average Bonchev–Trinajstić information content (AvgIpc) is 3.16. The topological polar surface area (TPSA) is 67.7 Å². The van der Waals surface area contributed by atoms with Crippen LogP contribution in [0.1, 0.15) is 30.9 Å². The molecule has 2 aromatic carbocycles. The van der Waals surface area contributed by atoms with Crippen molar-refractivity contribution in [3.8, 4) is 11.1 Å². The summed E-state index contributed by atoms with van der Waals surface area (Å²) in [5.41, 5.74) is 8.17. The molecular formula is C22H25FN4O. The maximum Gasteiger partial charge on any atom is 0.191 e. The Kier molecular flexibility index (Phi) is 5.49. The Labute approximate surface area is 164 Å². The highest BCUT2D eigenvalue weighted by Crippen LogP contribution is 2.34. The number of nitrogens with two attached hydrogens (primary N) is 1. The Bertz CT molecular complexity index is 977. The first-order valence-corrected chi connectivity index (χ1v) is 9.08. The third-order valence-corrected chi connectivity index (χ3v) is 4.81. The van der Waals surface area contributed by atoms with Crippen molar-refractivity contribution in [1.82, 2.24) is 10.1 Å². The Morgan fingerprint density at radius 1 is 1.14 bits per heavy atom. The van der Waals surface area contributed by atoms with Gasteiger partial charge in [-0.3, -0.25) is 0 Å². The Morgan fingerprint density at radius 2 is 1.86 bits per heavy atom. The molecule has 0 amide bonds. The summed E-state index contributed by atoms with van der Waals surface area (Å²) in [7, 11) is 3.65. The minimum absolute atomic E-state index is 0.264. The summed E-state index contributed by atoms with van der Waals surface area (Å²) in [6, 6.07) is 16.6. The van der Waals surface area contributed by atoms with Crippen molar-refractivity contribution < 1.29 is 8.91 Å². The zero-order valence-electron chi connectivity index (χ0n) is 16.6. The molecule has 0 unspecified atom stereocenters. The van der Waals surface area contributed by atoms with Crippen LogP contribution in [0, 0.1) is 5.82 Å². The minimum Gasteiger partial charge on any atom is -0.370 e. The molecule has 28 heavy (non-hydrogen) atoms. The fourth-order valence-corrected chi connectivity index (χ4v) is 2.88. The number of aromatic nitrogens is 1. The second-order valence-corrected chi connectivity index (χ2v) is 7.44. The second kappa shape index (κ2) is 7.84. The number of nitrogens with zero attached hydrogens (tertiary/aromatic N) is 3. The van der Waals surface area contributed by atoms with Gasteiger partial charge in [0.15, 0.2) is 5.96 Å². The highest BCUT2D eigenvalue weighted by atomic mass is 19.1. The van der Waals surface area contributed by atoms with Gasteiger partial charge in [-0.25, -0.2) is 9.38 Å². The summed E-state index contributed by atoms with van der Waals surface area (Å²) in [5.74, 6) is 0.801. The van der Waals surface area contributed by atoms with Gasteiger partial charge in [-0.1, -0.05) is 47.6 Å². The van der Waals surface area contributed by atoms with Crippen LogP contribution in [0.5, 0.6) is 0 Å². The van der Waals surface area contributed by atoms with E-state index in [1.165, 1.54) is 0 Å². The van der Waals surface area contributed by atoms with Gasteiger partial charge in [-0.2, -0.15) is 0 Å². The van der Waals surface area contributed by atoms with E-state index in [4.69, 9.17) is 10.3 Å². The maximum atomic E-state index is 14.8. The van der Waals surface area contributed by atoms with E-state index in [0.717, 1.165) is 11.1 Å². The van der Waals surface area contributed by atoms with E-state index in [9.17, 15) is 4.39 Å². The Morgan fingerprint density at radius 3 is 2.50 bits per heavy atom. The quantitative estimate of drug-likeness (QED) is 0.532. The largest absolute Gasteiger partial charge is 0.370 e. The summed E-state index contributed by atoms with van der Waals surface area (Å²) in [4.78, 5) is 5.98. The van der Waals surface area contributed by atoms with E-state index >= 15 is 0 Å². The summed E-state index contributed by atoms with van der Waals surface area (Å²) in [6.07, 6.45) is 0. The van der Waals surface area contributed by atoms with Gasteiger partial charge in [0.1, 0.15) is 17.3 Å². The number of hydrogen-bond acceptors (Lipinski definition) is 3. The molecule has 6 heteroatoms. The SMILES string of the molecule is CN(C)C(N)=NCc1cc(C(C)(C)c2ccc(-c3ccccc3)c(F)c2)on1. The third-order valence-electron chi connectivity index (χ3n) is 4.81. The highest BCUT2D eigenvalue weighted by molar-refractivity contribution is 5.77. The van der Waals surface area contributed by atoms with E-state index < -0.39 is 5.41 Å². The van der Waals surface area contributed by atoms with Crippen LogP contribution in [0.25, 0.3) is 11.1 Å². The number of guanidine groups is 1. The van der Waals surface area contributed by atoms with Gasteiger partial charge in [-0.05, 0) is 31.0 Å². The molecule has 146 valence electrons. The number of aliphatic imine (C=N–C) groups is 1. The lowest BCUT2D eigenvalue weighted by atomic mass is 9.81. The predicted octanol–water partition coefficient (Wildman–Crippen LogP) is 4.18. The van der Waals surface area contributed by atoms with Crippen LogP contribution in [0.3, 0.4) is 0 Å². The molecule has 0 radical (unpaired) electrons. The molecule has 0 saturated carbocycles. The molecule has 5 nitrogen and oxygen atoms in total. The van der Waals surface area contributed by atoms with Crippen LogP contribution in [0.2, 0.25) is 0 Å². The summed E-state index contributed by atoms with van der Waals surface area (Å²) < 4.78 is 20.3. The van der Waals surface area contributed by atoms with Gasteiger partial charge in [0.25, 0.3) is 0 Å². The first-order valence-electron chi connectivity index (χ1n) is 9.08. The van der Waals surface area contributed by atoms with Crippen molar-refractivity contribution in [1.29, 1.82) is 0 Å². The Balaban J connectivity index is 1.85. The summed E-state index contributed by atoms with van der Waals surface area (Å²) >= 11 is 0. The lowest BCUT2D eigenvalue weighted by molar-refractivity contribution is 0.336. The molecule has 0 fully saturated rings. The number of benzene rings is 2. The smallest absolute Gasteiger partial charge is 0.191 e. The fraction of sp³-hybridized carbons (Fsp3) is 0.273. The highest BCUT2D eigenvalue weighted by Gasteiger charge is 2.29. The molecule has 0 bridgehead atoms. The van der Waals surface area contributed by atoms with Gasteiger partial charge in [0.05, 0.1) is 12.0 Å². The molecule has 3 aromatic rings. The number of hydrogen-bond donors (Lipinski definition) is 1. The number of halogens is 1. The zero-order valence-corrected chi connectivity index (χ0v) is 16.6. The molecule has 0 spiro atoms. The molecule has 0 saturated heterocycles. The van der Waals surface area contributed by atoms with Crippen LogP contribution < -0.4 is 5.73 Å². The molecule has 1 aromatic heterocycles. The van der Waals surface area contributed by atoms with Crippen LogP contribution in [0.15, 0.2) is 64.1 Å². The minimum atomic E-state index is -0.544. The van der Waals surface area contributed by atoms with E-state index in [2.05, 4.69) is 10.1 Å². The average molecular weight is 380 g/mol. The third kappa shape index (κ3) is 4.06. The standard InChI is InChI=1S/C22H25FN4O/c1-22(2,20-13-17(26-28-20)14-25-21(24)27(3)4)16-10-11-18(19(23)12-16)15-8-6-5-7-9-15/h5-13H,14H2,1-4H3,(H2,24,25). The fourth-order valence-electron chi connectivity index (χ4n) is 2.88. The number of rotatable bonds is 5. The Hall–Kier alpha value is -3.15. The monoisotopic (exact) mass is 380 g/mol. The first-order chi connectivity index (χ1) is 13.3. The van der Waals surface area contributed by atoms with E-state index in [1.807, 2.05) is 70.4 Å². The van der Waals surface area contributed by atoms with Crippen LogP contribution in [-0.4, -0.2) is 30.1 Å². The lowest BCUT2D eigenvalue weighted by Gasteiger charge is -2.22. The molecular weight excluding hydrogens is 355 g/mol. The molecule has 0 aliphatic heterocycles. The predicted molar refractivity (Wildman–Crippen MR) is 109 cm³/mol. The normalized spacial score (nSPS) is 12.2. The van der Waals surface area contributed by atoms with Crippen molar-refractivity contribution in [3.05, 3.63) is 77.4 Å². The summed E-state index contributed by atoms with van der Waals surface area (Å²) in [5, 5.41) is 4.08. The van der Waals surface area contributed by atoms with Crippen LogP contribution >= 0.6 is 0 Å². The molecule has 3 rings (SSSR count). The van der Waals surface area contributed by atoms with Gasteiger partial charge in [0.2, 0.25) is 0 Å². The van der Waals surface area contributed by atoms with Crippen molar-refractivity contribution in [3.63, 3.8) is 0 Å². The van der Waals surface area contributed by atoms with Gasteiger partial charge >= 0.3 is 0 Å². The van der Waals surface area contributed by atoms with Gasteiger partial charge < -0.3 is 15.2 Å². The van der Waals surface area contributed by atoms with Crippen molar-refractivity contribution >= 4 is 5.96 Å². The molecule has 1 heterocycles. The van der Waals surface area contributed by atoms with Crippen molar-refractivity contribution in [2.75, 3.05) is 14.1 Å².